The van der Waals surface area contributed by atoms with E-state index >= 15 is 0 Å². The summed E-state index contributed by atoms with van der Waals surface area (Å²) in [5.41, 5.74) is 15.8. The predicted octanol–water partition coefficient (Wildman–Crippen LogP) is 15.6. The summed E-state index contributed by atoms with van der Waals surface area (Å²) < 4.78 is 31.3. The summed E-state index contributed by atoms with van der Waals surface area (Å²) in [6.07, 6.45) is 2.71. The lowest BCUT2D eigenvalue weighted by molar-refractivity contribution is 0.390. The third kappa shape index (κ3) is 10.3. The van der Waals surface area contributed by atoms with Gasteiger partial charge in [0.2, 0.25) is 0 Å². The molecule has 5 nitrogen and oxygen atoms in total. The summed E-state index contributed by atoms with van der Waals surface area (Å²) in [5.74, 6) is 3.79. The number of phenolic OH excluding ortho intramolecular Hbond substituents is 1. The molecule has 2 unspecified atom stereocenters. The normalized spacial score (nSPS) is 18.6. The minimum absolute atomic E-state index is 0.178. The van der Waals surface area contributed by atoms with Crippen LogP contribution in [0.1, 0.15) is 187 Å². The minimum atomic E-state index is -3.40. The highest BCUT2D eigenvalue weighted by Gasteiger charge is 2.46. The zero-order valence-corrected chi connectivity index (χ0v) is 50.7. The van der Waals surface area contributed by atoms with Crippen LogP contribution in [-0.4, -0.2) is 22.2 Å². The summed E-state index contributed by atoms with van der Waals surface area (Å²) in [6.45, 7) is 38.9. The highest BCUT2D eigenvalue weighted by molar-refractivity contribution is 6.81. The van der Waals surface area contributed by atoms with Crippen LogP contribution in [0.25, 0.3) is 0 Å². The molecule has 1 N–H and O–H groups in total. The van der Waals surface area contributed by atoms with Crippen molar-refractivity contribution >= 4 is 27.5 Å². The summed E-state index contributed by atoms with van der Waals surface area (Å²) in [5, 5.41) is 15.2. The van der Waals surface area contributed by atoms with Crippen LogP contribution in [0.15, 0.2) is 121 Å². The molecule has 0 amide bonds. The lowest BCUT2D eigenvalue weighted by atomic mass is 9.79. The summed E-state index contributed by atoms with van der Waals surface area (Å²) >= 11 is 0. The van der Waals surface area contributed by atoms with Gasteiger partial charge in [0.1, 0.15) is 28.7 Å². The van der Waals surface area contributed by atoms with Crippen molar-refractivity contribution in [1.82, 2.24) is 0 Å². The molecule has 7 aromatic rings. The van der Waals surface area contributed by atoms with E-state index in [1.807, 2.05) is 0 Å². The van der Waals surface area contributed by atoms with Crippen molar-refractivity contribution in [2.24, 2.45) is 0 Å². The molecule has 7 aromatic carbocycles. The van der Waals surface area contributed by atoms with E-state index in [9.17, 15) is 5.11 Å². The zero-order valence-electron chi connectivity index (χ0n) is 48.7. The van der Waals surface area contributed by atoms with Gasteiger partial charge in [-0.3, -0.25) is 0 Å². The smallest absolute Gasteiger partial charge is 0.492 e. The molecule has 6 aliphatic rings. The quantitative estimate of drug-likeness (QED) is 0.175. The van der Waals surface area contributed by atoms with Gasteiger partial charge in [0, 0.05) is 55.6 Å². The van der Waals surface area contributed by atoms with E-state index in [2.05, 4.69) is 238 Å². The number of rotatable bonds is 2. The number of benzene rings is 7. The molecular weight excluding hydrogens is 965 g/mol. The first-order valence-electron chi connectivity index (χ1n) is 27.7. The fourth-order valence-electron chi connectivity index (χ4n) is 11.4. The predicted molar refractivity (Wildman–Crippen MR) is 319 cm³/mol. The van der Waals surface area contributed by atoms with Crippen molar-refractivity contribution in [3.8, 4) is 28.7 Å². The molecule has 0 aromatic heterocycles. The van der Waals surface area contributed by atoms with Crippen molar-refractivity contribution < 1.29 is 22.8 Å². The fourth-order valence-corrected chi connectivity index (χ4v) is 16.1. The Morgan fingerprint density at radius 3 is 0.684 bits per heavy atom. The van der Waals surface area contributed by atoms with E-state index in [-0.39, 0.29) is 27.1 Å². The largest absolute Gasteiger partial charge is 0.508 e. The second kappa shape index (κ2) is 18.6. The van der Waals surface area contributed by atoms with Gasteiger partial charge in [-0.25, -0.2) is 0 Å². The van der Waals surface area contributed by atoms with Crippen molar-refractivity contribution in [2.75, 3.05) is 0 Å². The van der Waals surface area contributed by atoms with Gasteiger partial charge in [-0.1, -0.05) is 225 Å². The molecule has 0 saturated carbocycles. The average molecular weight is 1050 g/mol. The molecule has 0 fully saturated rings. The molecular formula is C69H82O5Si2. The number of hydrogen-bond donors (Lipinski definition) is 1. The molecule has 5 aliphatic heterocycles. The Balaban J connectivity index is 1.39. The van der Waals surface area contributed by atoms with Crippen LogP contribution in [0.4, 0.5) is 0 Å². The third-order valence-electron chi connectivity index (χ3n) is 16.3. The Morgan fingerprint density at radius 2 is 0.487 bits per heavy atom. The van der Waals surface area contributed by atoms with Crippen molar-refractivity contribution in [2.45, 2.75) is 176 Å². The summed E-state index contributed by atoms with van der Waals surface area (Å²) in [6, 6.07) is 44.9. The van der Waals surface area contributed by atoms with Crippen LogP contribution in [0.5, 0.6) is 28.7 Å². The zero-order chi connectivity index (χ0) is 54.7. The van der Waals surface area contributed by atoms with E-state index in [4.69, 9.17) is 17.7 Å². The van der Waals surface area contributed by atoms with Gasteiger partial charge >= 0.3 is 17.1 Å². The Hall–Kier alpha value is -6.03. The van der Waals surface area contributed by atoms with Crippen LogP contribution >= 0.6 is 0 Å². The Bertz CT molecular complexity index is 3180. The Morgan fingerprint density at radius 1 is 0.303 bits per heavy atom. The van der Waals surface area contributed by atoms with E-state index in [1.165, 1.54) is 22.3 Å². The Labute approximate surface area is 457 Å². The molecule has 0 radical (unpaired) electrons. The first kappa shape index (κ1) is 53.4. The van der Waals surface area contributed by atoms with E-state index in [0.29, 0.717) is 37.9 Å². The SMILES string of the molecule is CC(C)(C)c1cc2c(O)c(c1)Cc1cc(C(C)(C)C)cc3c1O[Si](C)(c1ccccc1)Oc1c(cc(C(C)(C)C)cc1Cc1cc(C(C)(C)C)cc4c1O[Si](C)(c1ccccc1)Oc1c(cc(C(C)(C)C)cc1C4)C2)C3. The van der Waals surface area contributed by atoms with E-state index in [0.717, 1.165) is 94.6 Å². The number of aromatic hydroxyl groups is 1. The maximum atomic E-state index is 13.1. The van der Waals surface area contributed by atoms with Crippen molar-refractivity contribution in [3.05, 3.63) is 205 Å². The first-order valence-corrected chi connectivity index (χ1v) is 32.4. The van der Waals surface area contributed by atoms with Crippen LogP contribution < -0.4 is 28.1 Å². The van der Waals surface area contributed by atoms with Crippen molar-refractivity contribution in [3.63, 3.8) is 0 Å². The van der Waals surface area contributed by atoms with Crippen LogP contribution in [0, 0.1) is 0 Å². The molecule has 5 heterocycles. The number of phenols is 1. The standard InChI is InChI=1S/C69H82O5Si2/c1-65(2,3)53-33-43-28-45-35-54(66(4,5)6)37-47-30-49-39-56(68(10,11)12)41-51(63(49)73-75(16,71-61(45)47)58-24-20-18-21-25-58)32-52-42-57(69(13,14)15)40-50-31-48-38-55(67(7,8)9)36-46(29-44(34-53)60(43)70)62(48)72-76(17,74-64(50)52)59-26-22-19-23-27-59/h18-27,33-42,70H,28-32H2,1-17H3. The monoisotopic (exact) mass is 1050 g/mol. The molecule has 0 spiro atoms. The van der Waals surface area contributed by atoms with E-state index in [1.54, 1.807) is 0 Å². The minimum Gasteiger partial charge on any atom is -0.508 e. The molecule has 13 rings (SSSR count). The molecule has 0 saturated heterocycles. The second-order valence-electron chi connectivity index (χ2n) is 27.8. The van der Waals surface area contributed by atoms with Gasteiger partial charge in [0.25, 0.3) is 0 Å². The van der Waals surface area contributed by atoms with Crippen LogP contribution in [0.3, 0.4) is 0 Å². The molecule has 7 heteroatoms. The number of hydrogen-bond acceptors (Lipinski definition) is 5. The van der Waals surface area contributed by atoms with Gasteiger partial charge in [0.15, 0.2) is 0 Å². The highest BCUT2D eigenvalue weighted by atomic mass is 28.4. The first-order chi connectivity index (χ1) is 35.4. The summed E-state index contributed by atoms with van der Waals surface area (Å²) in [7, 11) is -6.81. The van der Waals surface area contributed by atoms with Crippen LogP contribution in [-0.2, 0) is 59.2 Å². The molecule has 76 heavy (non-hydrogen) atoms. The van der Waals surface area contributed by atoms with Crippen LogP contribution in [0.2, 0.25) is 13.1 Å². The fraction of sp³-hybridized carbons (Fsp3) is 0.391. The molecule has 1 aliphatic carbocycles. The molecule has 14 bridgehead atoms. The molecule has 2 atom stereocenters. The van der Waals surface area contributed by atoms with Gasteiger partial charge < -0.3 is 22.8 Å². The van der Waals surface area contributed by atoms with Gasteiger partial charge in [-0.05, 0) is 111 Å². The molecule has 396 valence electrons. The maximum Gasteiger partial charge on any atom is 0.492 e. The second-order valence-corrected chi connectivity index (χ2v) is 33.6. The van der Waals surface area contributed by atoms with Gasteiger partial charge in [-0.15, -0.1) is 0 Å². The highest BCUT2D eigenvalue weighted by Crippen LogP contribution is 2.48. The topological polar surface area (TPSA) is 57.2 Å². The van der Waals surface area contributed by atoms with E-state index < -0.39 is 17.1 Å². The average Bonchev–Trinajstić information content (AvgIpc) is 3.31. The van der Waals surface area contributed by atoms with Crippen molar-refractivity contribution in [1.29, 1.82) is 0 Å². The summed E-state index contributed by atoms with van der Waals surface area (Å²) in [4.78, 5) is 0. The lowest BCUT2D eigenvalue weighted by Gasteiger charge is -2.37. The Kier molecular flexibility index (Phi) is 13.0. The third-order valence-corrected chi connectivity index (χ3v) is 21.4. The maximum absolute atomic E-state index is 13.1. The van der Waals surface area contributed by atoms with Gasteiger partial charge in [0.05, 0.1) is 0 Å². The van der Waals surface area contributed by atoms with Gasteiger partial charge in [-0.2, -0.15) is 0 Å². The lowest BCUT2D eigenvalue weighted by Crippen LogP contribution is -2.57.